The third-order valence-corrected chi connectivity index (χ3v) is 7.33. The summed E-state index contributed by atoms with van der Waals surface area (Å²) in [6, 6.07) is 16.7. The number of imidazole rings is 1. The number of hydrogen-bond acceptors (Lipinski definition) is 6. The summed E-state index contributed by atoms with van der Waals surface area (Å²) in [7, 11) is 0. The van der Waals surface area contributed by atoms with E-state index in [0.29, 0.717) is 11.7 Å². The fourth-order valence-electron chi connectivity index (χ4n) is 5.15. The van der Waals surface area contributed by atoms with Gasteiger partial charge in [-0.3, -0.25) is 9.47 Å². The van der Waals surface area contributed by atoms with E-state index < -0.39 is 0 Å². The lowest BCUT2D eigenvalue weighted by Gasteiger charge is -2.27. The number of hydrogen-bond donors (Lipinski definition) is 2. The molecule has 0 bridgehead atoms. The van der Waals surface area contributed by atoms with E-state index in [0.717, 1.165) is 73.1 Å². The molecule has 0 amide bonds. The van der Waals surface area contributed by atoms with E-state index >= 15 is 0 Å². The molecular weight excluding hydrogens is 458 g/mol. The van der Waals surface area contributed by atoms with Gasteiger partial charge in [-0.15, -0.1) is 0 Å². The predicted molar refractivity (Wildman–Crippen MR) is 150 cm³/mol. The number of rotatable bonds is 6. The van der Waals surface area contributed by atoms with Crippen molar-refractivity contribution in [3.05, 3.63) is 83.7 Å². The Morgan fingerprint density at radius 3 is 2.54 bits per heavy atom. The van der Waals surface area contributed by atoms with E-state index in [4.69, 9.17) is 15.7 Å². The van der Waals surface area contributed by atoms with Gasteiger partial charge in [-0.25, -0.2) is 15.0 Å². The second-order valence-corrected chi connectivity index (χ2v) is 10.2. The Hall–Kier alpha value is -3.81. The zero-order valence-corrected chi connectivity index (χ0v) is 21.5. The van der Waals surface area contributed by atoms with Crippen molar-refractivity contribution in [3.8, 4) is 17.1 Å². The molecule has 4 aromatic rings. The Morgan fingerprint density at radius 1 is 1.00 bits per heavy atom. The number of benzene rings is 1. The smallest absolute Gasteiger partial charge is 0.165 e. The highest BCUT2D eigenvalue weighted by molar-refractivity contribution is 5.85. The summed E-state index contributed by atoms with van der Waals surface area (Å²) in [5, 5.41) is 3.42. The molecule has 1 aliphatic carbocycles. The number of nitrogens with one attached hydrogen (secondary N) is 1. The summed E-state index contributed by atoms with van der Waals surface area (Å²) in [4.78, 5) is 16.9. The summed E-state index contributed by atoms with van der Waals surface area (Å²) in [6.07, 6.45) is 7.25. The number of piperazine rings is 1. The first-order valence-electron chi connectivity index (χ1n) is 13.1. The van der Waals surface area contributed by atoms with E-state index in [1.807, 2.05) is 12.1 Å². The molecule has 3 aromatic heterocycles. The van der Waals surface area contributed by atoms with E-state index in [1.54, 1.807) is 6.20 Å². The zero-order valence-electron chi connectivity index (χ0n) is 21.5. The number of aromatic nitrogens is 4. The fraction of sp³-hybridized carbons (Fsp3) is 0.300. The van der Waals surface area contributed by atoms with E-state index in [9.17, 15) is 0 Å². The van der Waals surface area contributed by atoms with E-state index in [-0.39, 0.29) is 0 Å². The summed E-state index contributed by atoms with van der Waals surface area (Å²) in [5.74, 6) is 1.74. The van der Waals surface area contributed by atoms with Crippen molar-refractivity contribution in [1.82, 2.24) is 29.7 Å². The van der Waals surface area contributed by atoms with Crippen LogP contribution in [0.2, 0.25) is 0 Å². The van der Waals surface area contributed by atoms with Crippen LogP contribution >= 0.6 is 0 Å². The molecule has 1 fully saturated rings. The van der Waals surface area contributed by atoms with Gasteiger partial charge in [0.25, 0.3) is 0 Å². The largest absolute Gasteiger partial charge is 0.383 e. The van der Waals surface area contributed by atoms with Crippen LogP contribution in [-0.2, 0) is 6.54 Å². The maximum Gasteiger partial charge on any atom is 0.165 e. The Labute approximate surface area is 217 Å². The predicted octanol–water partition coefficient (Wildman–Crippen LogP) is 4.84. The molecule has 1 saturated heterocycles. The first-order chi connectivity index (χ1) is 18.1. The fourth-order valence-corrected chi connectivity index (χ4v) is 5.15. The van der Waals surface area contributed by atoms with Gasteiger partial charge in [-0.05, 0) is 59.9 Å². The van der Waals surface area contributed by atoms with Gasteiger partial charge in [-0.2, -0.15) is 0 Å². The average molecular weight is 492 g/mol. The van der Waals surface area contributed by atoms with E-state index in [2.05, 4.69) is 82.2 Å². The lowest BCUT2D eigenvalue weighted by atomic mass is 10.0. The van der Waals surface area contributed by atoms with Gasteiger partial charge in [0.15, 0.2) is 11.5 Å². The molecule has 6 rings (SSSR count). The van der Waals surface area contributed by atoms with Crippen LogP contribution in [0.5, 0.6) is 0 Å². The zero-order chi connectivity index (χ0) is 25.4. The first kappa shape index (κ1) is 23.6. The minimum Gasteiger partial charge on any atom is -0.383 e. The minimum absolute atomic E-state index is 0.456. The van der Waals surface area contributed by atoms with Crippen LogP contribution in [0.25, 0.3) is 33.8 Å². The quantitative estimate of drug-likeness (QED) is 0.402. The standard InChI is InChI=1S/C30H33N7/c1-20(2)22-7-8-23(18-22)26-11-12-27-30(34-26)37(29(35-27)25-4-3-13-33-28(25)31)24-9-5-21(6-10-24)19-36-16-14-32-15-17-36/h3-6,8-13,18,20,32H,7,14-17,19H2,1-2H3,(H2,31,33). The minimum atomic E-state index is 0.456. The molecule has 0 saturated carbocycles. The van der Waals surface area contributed by atoms with Crippen LogP contribution in [0, 0.1) is 5.92 Å². The van der Waals surface area contributed by atoms with Crippen molar-refractivity contribution >= 4 is 22.6 Å². The average Bonchev–Trinajstić information content (AvgIpc) is 3.55. The number of fused-ring (bicyclic) bond motifs is 1. The molecule has 0 unspecified atom stereocenters. The second-order valence-electron chi connectivity index (χ2n) is 10.2. The summed E-state index contributed by atoms with van der Waals surface area (Å²) in [6.45, 7) is 9.69. The van der Waals surface area contributed by atoms with Crippen molar-refractivity contribution < 1.29 is 0 Å². The molecule has 0 radical (unpaired) electrons. The van der Waals surface area contributed by atoms with Crippen LogP contribution < -0.4 is 11.1 Å². The molecule has 188 valence electrons. The van der Waals surface area contributed by atoms with Gasteiger partial charge in [0.1, 0.15) is 11.3 Å². The second kappa shape index (κ2) is 9.92. The van der Waals surface area contributed by atoms with Gasteiger partial charge >= 0.3 is 0 Å². The van der Waals surface area contributed by atoms with Gasteiger partial charge in [0, 0.05) is 44.6 Å². The third kappa shape index (κ3) is 4.68. The number of allylic oxidation sites excluding steroid dienone is 4. The number of nitrogens with two attached hydrogens (primary N) is 1. The number of nitrogens with zero attached hydrogens (tertiary/aromatic N) is 5. The van der Waals surface area contributed by atoms with Gasteiger partial charge in [0.05, 0.1) is 11.3 Å². The highest BCUT2D eigenvalue weighted by atomic mass is 15.2. The van der Waals surface area contributed by atoms with Crippen molar-refractivity contribution in [2.24, 2.45) is 5.92 Å². The molecular formula is C30H33N7. The van der Waals surface area contributed by atoms with Crippen molar-refractivity contribution in [2.75, 3.05) is 31.9 Å². The van der Waals surface area contributed by atoms with Gasteiger partial charge in [0.2, 0.25) is 0 Å². The molecule has 3 N–H and O–H groups in total. The van der Waals surface area contributed by atoms with Crippen molar-refractivity contribution in [3.63, 3.8) is 0 Å². The Balaban J connectivity index is 1.44. The molecule has 4 heterocycles. The lowest BCUT2D eigenvalue weighted by Crippen LogP contribution is -2.42. The summed E-state index contributed by atoms with van der Waals surface area (Å²) in [5.41, 5.74) is 14.6. The molecule has 0 spiro atoms. The Bertz CT molecular complexity index is 1490. The lowest BCUT2D eigenvalue weighted by molar-refractivity contribution is 0.233. The number of anilines is 1. The number of pyridine rings is 2. The SMILES string of the molecule is CC(C)C1=CC(c2ccc3nc(-c4cccnc4N)n(-c4ccc(CN5CCNCC5)cc4)c3n2)=CC1. The molecule has 37 heavy (non-hydrogen) atoms. The maximum atomic E-state index is 6.31. The van der Waals surface area contributed by atoms with Crippen LogP contribution in [-0.4, -0.2) is 50.6 Å². The summed E-state index contributed by atoms with van der Waals surface area (Å²) >= 11 is 0. The Morgan fingerprint density at radius 2 is 1.81 bits per heavy atom. The molecule has 1 aromatic carbocycles. The normalized spacial score (nSPS) is 16.4. The van der Waals surface area contributed by atoms with Gasteiger partial charge in [-0.1, -0.05) is 43.7 Å². The third-order valence-electron chi connectivity index (χ3n) is 7.33. The topological polar surface area (TPSA) is 84.9 Å². The molecule has 1 aliphatic heterocycles. The first-order valence-corrected chi connectivity index (χ1v) is 13.1. The molecule has 7 nitrogen and oxygen atoms in total. The number of nitrogen functional groups attached to an aromatic ring is 1. The highest BCUT2D eigenvalue weighted by Crippen LogP contribution is 2.33. The van der Waals surface area contributed by atoms with Gasteiger partial charge < -0.3 is 11.1 Å². The molecule has 7 heteroatoms. The van der Waals surface area contributed by atoms with Crippen LogP contribution in [0.1, 0.15) is 31.5 Å². The monoisotopic (exact) mass is 491 g/mol. The van der Waals surface area contributed by atoms with Crippen LogP contribution in [0.4, 0.5) is 5.82 Å². The Kier molecular flexibility index (Phi) is 6.32. The molecule has 2 aliphatic rings. The summed E-state index contributed by atoms with van der Waals surface area (Å²) < 4.78 is 2.11. The maximum absolute atomic E-state index is 6.31. The highest BCUT2D eigenvalue weighted by Gasteiger charge is 2.20. The van der Waals surface area contributed by atoms with Crippen LogP contribution in [0.15, 0.2) is 72.5 Å². The van der Waals surface area contributed by atoms with E-state index in [1.165, 1.54) is 16.7 Å². The van der Waals surface area contributed by atoms with Crippen molar-refractivity contribution in [1.29, 1.82) is 0 Å². The van der Waals surface area contributed by atoms with Crippen molar-refractivity contribution in [2.45, 2.75) is 26.8 Å². The molecule has 0 atom stereocenters. The van der Waals surface area contributed by atoms with Crippen LogP contribution in [0.3, 0.4) is 0 Å².